The van der Waals surface area contributed by atoms with Crippen molar-refractivity contribution in [2.24, 2.45) is 0 Å². The number of hydrogen-bond acceptors (Lipinski definition) is 3. The molecule has 0 unspecified atom stereocenters. The van der Waals surface area contributed by atoms with Gasteiger partial charge in [-0.1, -0.05) is 42.5 Å². The Kier molecular flexibility index (Phi) is 4.50. The zero-order valence-electron chi connectivity index (χ0n) is 15.8. The lowest BCUT2D eigenvalue weighted by Crippen LogP contribution is -2.46. The first-order chi connectivity index (χ1) is 12.9. The number of hydrogen-bond donors (Lipinski definition) is 1. The number of allylic oxidation sites excluding steroid dienone is 1. The summed E-state index contributed by atoms with van der Waals surface area (Å²) in [5.41, 5.74) is 4.01. The Morgan fingerprint density at radius 1 is 1.00 bits per heavy atom. The fourth-order valence-corrected chi connectivity index (χ4v) is 5.53. The van der Waals surface area contributed by atoms with Crippen LogP contribution in [0.3, 0.4) is 0 Å². The molecule has 0 aromatic heterocycles. The smallest absolute Gasteiger partial charge is 0.264 e. The highest BCUT2D eigenvalue weighted by atomic mass is 32.2. The van der Waals surface area contributed by atoms with Crippen molar-refractivity contribution in [3.8, 4) is 0 Å². The van der Waals surface area contributed by atoms with E-state index in [0.29, 0.717) is 17.9 Å². The van der Waals surface area contributed by atoms with Gasteiger partial charge in [-0.05, 0) is 57.2 Å². The van der Waals surface area contributed by atoms with E-state index in [1.807, 2.05) is 18.2 Å². The van der Waals surface area contributed by atoms with Crippen molar-refractivity contribution in [3.05, 3.63) is 77.8 Å². The zero-order chi connectivity index (χ0) is 19.1. The molecule has 1 radical (unpaired) electrons. The number of rotatable bonds is 2. The monoisotopic (exact) mass is 381 g/mol. The lowest BCUT2D eigenvalue weighted by Gasteiger charge is -2.40. The van der Waals surface area contributed by atoms with Gasteiger partial charge in [0, 0.05) is 17.6 Å². The van der Waals surface area contributed by atoms with E-state index in [1.54, 1.807) is 28.6 Å². The van der Waals surface area contributed by atoms with Crippen LogP contribution in [0, 0.1) is 6.42 Å². The lowest BCUT2D eigenvalue weighted by molar-refractivity contribution is 0.413. The molecule has 141 valence electrons. The Labute approximate surface area is 162 Å². The van der Waals surface area contributed by atoms with Gasteiger partial charge in [0.05, 0.1) is 16.3 Å². The number of nitrogens with zero attached hydrogens (tertiary/aromatic N) is 1. The Hall–Kier alpha value is -2.27. The minimum atomic E-state index is -3.58. The summed E-state index contributed by atoms with van der Waals surface area (Å²) in [7, 11) is -3.58. The SMILES string of the molecule is CC1(C)Cc2ccccc2/C(=C2\C[CH]CCN2S(=O)(=O)c2ccccc2)N1. The summed E-state index contributed by atoms with van der Waals surface area (Å²) in [6.45, 7) is 4.79. The highest BCUT2D eigenvalue weighted by Crippen LogP contribution is 2.37. The third kappa shape index (κ3) is 3.36. The Morgan fingerprint density at radius 3 is 2.48 bits per heavy atom. The van der Waals surface area contributed by atoms with Gasteiger partial charge in [-0.2, -0.15) is 0 Å². The molecule has 1 N–H and O–H groups in total. The van der Waals surface area contributed by atoms with Gasteiger partial charge in [0.15, 0.2) is 0 Å². The Bertz CT molecular complexity index is 978. The average Bonchev–Trinajstić information content (AvgIpc) is 2.67. The van der Waals surface area contributed by atoms with Crippen molar-refractivity contribution in [2.75, 3.05) is 6.54 Å². The van der Waals surface area contributed by atoms with E-state index in [4.69, 9.17) is 0 Å². The molecule has 0 spiro atoms. The van der Waals surface area contributed by atoms with E-state index in [9.17, 15) is 8.42 Å². The van der Waals surface area contributed by atoms with Crippen molar-refractivity contribution in [1.82, 2.24) is 9.62 Å². The van der Waals surface area contributed by atoms with E-state index in [1.165, 1.54) is 5.56 Å². The van der Waals surface area contributed by atoms with Crippen LogP contribution in [0.15, 0.2) is 65.2 Å². The largest absolute Gasteiger partial charge is 0.378 e. The summed E-state index contributed by atoms with van der Waals surface area (Å²) in [5, 5.41) is 3.63. The number of benzene rings is 2. The van der Waals surface area contributed by atoms with Gasteiger partial charge in [0.25, 0.3) is 10.0 Å². The van der Waals surface area contributed by atoms with Crippen LogP contribution in [0.2, 0.25) is 0 Å². The van der Waals surface area contributed by atoms with Crippen molar-refractivity contribution < 1.29 is 8.42 Å². The first kappa shape index (κ1) is 18.1. The standard InChI is InChI=1S/C22H25N2O2S/c1-22(2)16-17-10-6-7-13-19(17)21(23-22)20-14-8-9-15-24(20)27(25,26)18-11-4-3-5-12-18/h3-8,10-13,23H,9,14-16H2,1-2H3/b21-20-. The maximum absolute atomic E-state index is 13.4. The summed E-state index contributed by atoms with van der Waals surface area (Å²) in [4.78, 5) is 0.341. The normalized spacial score (nSPS) is 22.1. The zero-order valence-corrected chi connectivity index (χ0v) is 16.6. The molecule has 2 heterocycles. The van der Waals surface area contributed by atoms with E-state index in [0.717, 1.165) is 29.8 Å². The first-order valence-corrected chi connectivity index (χ1v) is 10.8. The number of fused-ring (bicyclic) bond motifs is 1. The molecule has 0 bridgehead atoms. The van der Waals surface area contributed by atoms with Gasteiger partial charge < -0.3 is 5.32 Å². The second-order valence-corrected chi connectivity index (χ2v) is 9.70. The van der Waals surface area contributed by atoms with Gasteiger partial charge in [0.1, 0.15) is 0 Å². The molecule has 1 fully saturated rings. The minimum Gasteiger partial charge on any atom is -0.378 e. The third-order valence-corrected chi connectivity index (χ3v) is 7.03. The molecular formula is C22H25N2O2S. The van der Waals surface area contributed by atoms with Crippen LogP contribution in [0.4, 0.5) is 0 Å². The molecule has 27 heavy (non-hydrogen) atoms. The quantitative estimate of drug-likeness (QED) is 0.856. The fourth-order valence-electron chi connectivity index (χ4n) is 3.97. The highest BCUT2D eigenvalue weighted by molar-refractivity contribution is 7.89. The van der Waals surface area contributed by atoms with Gasteiger partial charge in [-0.3, -0.25) is 4.31 Å². The third-order valence-electron chi connectivity index (χ3n) is 5.18. The Morgan fingerprint density at radius 2 is 1.70 bits per heavy atom. The van der Waals surface area contributed by atoms with Crippen LogP contribution in [0.1, 0.15) is 37.8 Å². The summed E-state index contributed by atoms with van der Waals surface area (Å²) in [5.74, 6) is 0. The number of sulfonamides is 1. The topological polar surface area (TPSA) is 49.4 Å². The molecule has 0 amide bonds. The molecule has 2 aromatic rings. The van der Waals surface area contributed by atoms with Crippen LogP contribution < -0.4 is 5.32 Å². The highest BCUT2D eigenvalue weighted by Gasteiger charge is 2.35. The number of nitrogens with one attached hydrogen (secondary N) is 1. The van der Waals surface area contributed by atoms with E-state index in [2.05, 4.69) is 37.7 Å². The van der Waals surface area contributed by atoms with Crippen molar-refractivity contribution in [3.63, 3.8) is 0 Å². The maximum atomic E-state index is 13.4. The summed E-state index contributed by atoms with van der Waals surface area (Å²) in [6, 6.07) is 17.0. The van der Waals surface area contributed by atoms with Crippen LogP contribution in [0.25, 0.3) is 5.70 Å². The summed E-state index contributed by atoms with van der Waals surface area (Å²) >= 11 is 0. The van der Waals surface area contributed by atoms with Crippen LogP contribution in [-0.4, -0.2) is 24.8 Å². The van der Waals surface area contributed by atoms with Gasteiger partial charge in [0.2, 0.25) is 0 Å². The molecule has 4 nitrogen and oxygen atoms in total. The second-order valence-electron chi connectivity index (χ2n) is 7.84. The molecule has 2 aliphatic rings. The van der Waals surface area contributed by atoms with E-state index >= 15 is 0 Å². The summed E-state index contributed by atoms with van der Waals surface area (Å²) < 4.78 is 28.3. The Balaban J connectivity index is 1.88. The first-order valence-electron chi connectivity index (χ1n) is 9.38. The minimum absolute atomic E-state index is 0.129. The van der Waals surface area contributed by atoms with Crippen LogP contribution in [-0.2, 0) is 16.4 Å². The van der Waals surface area contributed by atoms with Crippen LogP contribution in [0.5, 0.6) is 0 Å². The molecule has 0 saturated carbocycles. The van der Waals surface area contributed by atoms with Gasteiger partial charge in [-0.15, -0.1) is 0 Å². The average molecular weight is 382 g/mol. The second kappa shape index (κ2) is 6.71. The molecule has 0 aliphatic carbocycles. The molecule has 2 aromatic carbocycles. The van der Waals surface area contributed by atoms with E-state index in [-0.39, 0.29) is 5.54 Å². The van der Waals surface area contributed by atoms with Gasteiger partial charge in [-0.25, -0.2) is 8.42 Å². The molecule has 1 saturated heterocycles. The molecule has 5 heteroatoms. The molecule has 4 rings (SSSR count). The predicted molar refractivity (Wildman–Crippen MR) is 108 cm³/mol. The van der Waals surface area contributed by atoms with Crippen molar-refractivity contribution in [2.45, 2.75) is 43.5 Å². The number of piperidine rings is 1. The van der Waals surface area contributed by atoms with Crippen molar-refractivity contribution in [1.29, 1.82) is 0 Å². The van der Waals surface area contributed by atoms with Crippen molar-refractivity contribution >= 4 is 15.7 Å². The van der Waals surface area contributed by atoms with E-state index < -0.39 is 10.0 Å². The summed E-state index contributed by atoms with van der Waals surface area (Å²) in [6.07, 6.45) is 4.48. The maximum Gasteiger partial charge on any atom is 0.264 e. The van der Waals surface area contributed by atoms with Gasteiger partial charge >= 0.3 is 0 Å². The molecule has 2 aliphatic heterocycles. The van der Waals surface area contributed by atoms with Crippen LogP contribution >= 0.6 is 0 Å². The molecule has 0 atom stereocenters. The molecular weight excluding hydrogens is 356 g/mol. The lowest BCUT2D eigenvalue weighted by atomic mass is 9.85. The predicted octanol–water partition coefficient (Wildman–Crippen LogP) is 3.97. The fraction of sp³-hybridized carbons (Fsp3) is 0.318.